The Morgan fingerprint density at radius 2 is 1.45 bits per heavy atom. The van der Waals surface area contributed by atoms with Crippen LogP contribution in [0.2, 0.25) is 0 Å². The molecular formula is C26H20N2O3. The van der Waals surface area contributed by atoms with Crippen molar-refractivity contribution in [2.24, 2.45) is 0 Å². The second-order valence-electron chi connectivity index (χ2n) is 7.65. The van der Waals surface area contributed by atoms with E-state index in [0.29, 0.717) is 17.6 Å². The predicted octanol–water partition coefficient (Wildman–Crippen LogP) is 5.30. The van der Waals surface area contributed by atoms with Crippen LogP contribution < -0.4 is 0 Å². The lowest BCUT2D eigenvalue weighted by molar-refractivity contribution is 0.0958. The van der Waals surface area contributed by atoms with Crippen molar-refractivity contribution >= 4 is 11.5 Å². The lowest BCUT2D eigenvalue weighted by Gasteiger charge is -2.20. The normalized spacial score (nSPS) is 13.4. The van der Waals surface area contributed by atoms with Crippen LogP contribution in [-0.2, 0) is 6.42 Å². The average molecular weight is 408 g/mol. The molecule has 1 aliphatic heterocycles. The maximum absolute atomic E-state index is 13.6. The average Bonchev–Trinajstić information content (AvgIpc) is 3.17. The van der Waals surface area contributed by atoms with Gasteiger partial charge in [0.05, 0.1) is 5.69 Å². The van der Waals surface area contributed by atoms with Crippen LogP contribution in [-0.4, -0.2) is 25.9 Å². The zero-order valence-electron chi connectivity index (χ0n) is 16.9. The molecule has 0 saturated heterocycles. The Balaban J connectivity index is 1.72. The summed E-state index contributed by atoms with van der Waals surface area (Å²) in [5, 5.41) is 24.3. The maximum atomic E-state index is 13.6. The molecule has 1 aliphatic rings. The minimum absolute atomic E-state index is 0.220. The van der Waals surface area contributed by atoms with Crippen molar-refractivity contribution in [3.05, 3.63) is 95.7 Å². The van der Waals surface area contributed by atoms with Crippen LogP contribution in [0.5, 0.6) is 11.5 Å². The Morgan fingerprint density at radius 3 is 2.10 bits per heavy atom. The first-order valence-electron chi connectivity index (χ1n) is 10.0. The van der Waals surface area contributed by atoms with Gasteiger partial charge in [0.15, 0.2) is 11.5 Å². The zero-order valence-corrected chi connectivity index (χ0v) is 16.9. The molecule has 0 bridgehead atoms. The number of phenols is 2. The second kappa shape index (κ2) is 7.29. The molecule has 1 aromatic heterocycles. The fourth-order valence-corrected chi connectivity index (χ4v) is 4.17. The molecule has 0 atom stereocenters. The van der Waals surface area contributed by atoms with Crippen molar-refractivity contribution in [3.8, 4) is 33.9 Å². The van der Waals surface area contributed by atoms with Gasteiger partial charge in [0.2, 0.25) is 0 Å². The standard InChI is InChI=1S/C26H20N2O3/c1-16-14-20-24(17-8-4-2-5-9-17)25(18-10-6-3-7-11-18)27-28(20)26(31)23(16)19-12-13-21(29)22(30)15-19/h2-13,15,29-30H,14H2,1H3. The topological polar surface area (TPSA) is 75.3 Å². The van der Waals surface area contributed by atoms with E-state index in [2.05, 4.69) is 0 Å². The largest absolute Gasteiger partial charge is 0.504 e. The summed E-state index contributed by atoms with van der Waals surface area (Å²) in [5.41, 5.74) is 6.45. The Kier molecular flexibility index (Phi) is 4.44. The number of fused-ring (bicyclic) bond motifs is 1. The van der Waals surface area contributed by atoms with Crippen molar-refractivity contribution in [2.75, 3.05) is 0 Å². The highest BCUT2D eigenvalue weighted by Crippen LogP contribution is 2.40. The van der Waals surface area contributed by atoms with Gasteiger partial charge in [-0.25, -0.2) is 0 Å². The molecule has 2 heterocycles. The third kappa shape index (κ3) is 3.11. The molecule has 0 unspecified atom stereocenters. The Morgan fingerprint density at radius 1 is 0.806 bits per heavy atom. The van der Waals surface area contributed by atoms with Gasteiger partial charge in [0.1, 0.15) is 5.69 Å². The van der Waals surface area contributed by atoms with Crippen LogP contribution in [0, 0.1) is 0 Å². The third-order valence-electron chi connectivity index (χ3n) is 5.62. The maximum Gasteiger partial charge on any atom is 0.279 e. The van der Waals surface area contributed by atoms with E-state index in [-0.39, 0.29) is 17.4 Å². The summed E-state index contributed by atoms with van der Waals surface area (Å²) in [4.78, 5) is 13.6. The summed E-state index contributed by atoms with van der Waals surface area (Å²) >= 11 is 0. The summed E-state index contributed by atoms with van der Waals surface area (Å²) in [6.07, 6.45) is 0.548. The summed E-state index contributed by atoms with van der Waals surface area (Å²) in [6, 6.07) is 24.3. The summed E-state index contributed by atoms with van der Waals surface area (Å²) in [6.45, 7) is 1.92. The first kappa shape index (κ1) is 18.9. The number of allylic oxidation sites excluding steroid dienone is 2. The van der Waals surface area contributed by atoms with Gasteiger partial charge in [0.25, 0.3) is 5.91 Å². The quantitative estimate of drug-likeness (QED) is 0.451. The highest BCUT2D eigenvalue weighted by atomic mass is 16.3. The molecule has 0 radical (unpaired) electrons. The molecule has 0 spiro atoms. The van der Waals surface area contributed by atoms with Crippen LogP contribution in [0.4, 0.5) is 0 Å². The van der Waals surface area contributed by atoms with E-state index in [1.54, 1.807) is 6.07 Å². The highest BCUT2D eigenvalue weighted by molar-refractivity contribution is 6.23. The molecule has 152 valence electrons. The van der Waals surface area contributed by atoms with E-state index in [1.165, 1.54) is 16.8 Å². The first-order chi connectivity index (χ1) is 15.0. The summed E-state index contributed by atoms with van der Waals surface area (Å²) < 4.78 is 1.48. The van der Waals surface area contributed by atoms with Crippen LogP contribution in [0.25, 0.3) is 28.0 Å². The smallest absolute Gasteiger partial charge is 0.279 e. The Labute approximate surface area is 179 Å². The van der Waals surface area contributed by atoms with Gasteiger partial charge in [-0.15, -0.1) is 0 Å². The number of hydrogen-bond acceptors (Lipinski definition) is 4. The molecule has 4 aromatic rings. The monoisotopic (exact) mass is 408 g/mol. The fraction of sp³-hybridized carbons (Fsp3) is 0.0769. The molecule has 0 amide bonds. The number of aromatic nitrogens is 2. The minimum atomic E-state index is -0.258. The van der Waals surface area contributed by atoms with E-state index in [4.69, 9.17) is 5.10 Å². The summed E-state index contributed by atoms with van der Waals surface area (Å²) in [5.74, 6) is -0.724. The number of aromatic hydroxyl groups is 2. The Bertz CT molecular complexity index is 1340. The second-order valence-corrected chi connectivity index (χ2v) is 7.65. The van der Waals surface area contributed by atoms with Crippen molar-refractivity contribution in [3.63, 3.8) is 0 Å². The number of rotatable bonds is 3. The van der Waals surface area contributed by atoms with Gasteiger partial charge in [-0.1, -0.05) is 72.3 Å². The van der Waals surface area contributed by atoms with Gasteiger partial charge >= 0.3 is 0 Å². The summed E-state index contributed by atoms with van der Waals surface area (Å²) in [7, 11) is 0. The lowest BCUT2D eigenvalue weighted by Crippen LogP contribution is -2.23. The first-order valence-corrected chi connectivity index (χ1v) is 10.0. The zero-order chi connectivity index (χ0) is 21.5. The number of carbonyl (C=O) groups is 1. The number of carbonyl (C=O) groups excluding carboxylic acids is 1. The van der Waals surface area contributed by atoms with Gasteiger partial charge in [-0.3, -0.25) is 4.79 Å². The van der Waals surface area contributed by atoms with Crippen LogP contribution in [0.15, 0.2) is 84.4 Å². The third-order valence-corrected chi connectivity index (χ3v) is 5.62. The van der Waals surface area contributed by atoms with Crippen molar-refractivity contribution in [1.29, 1.82) is 0 Å². The molecular weight excluding hydrogens is 388 g/mol. The van der Waals surface area contributed by atoms with Crippen LogP contribution in [0.1, 0.15) is 23.0 Å². The van der Waals surface area contributed by atoms with E-state index in [1.807, 2.05) is 67.6 Å². The SMILES string of the molecule is CC1=C(c2ccc(O)c(O)c2)C(=O)n2nc(-c3ccccc3)c(-c3ccccc3)c2C1. The molecule has 5 nitrogen and oxygen atoms in total. The highest BCUT2D eigenvalue weighted by Gasteiger charge is 2.31. The molecule has 2 N–H and O–H groups in total. The van der Waals surface area contributed by atoms with E-state index in [0.717, 1.165) is 33.7 Å². The van der Waals surface area contributed by atoms with Crippen molar-refractivity contribution in [2.45, 2.75) is 13.3 Å². The number of benzene rings is 3. The minimum Gasteiger partial charge on any atom is -0.504 e. The molecule has 0 aliphatic carbocycles. The van der Waals surface area contributed by atoms with E-state index in [9.17, 15) is 15.0 Å². The van der Waals surface area contributed by atoms with E-state index < -0.39 is 0 Å². The van der Waals surface area contributed by atoms with Crippen molar-refractivity contribution < 1.29 is 15.0 Å². The molecule has 31 heavy (non-hydrogen) atoms. The van der Waals surface area contributed by atoms with Gasteiger partial charge in [0, 0.05) is 23.1 Å². The Hall–Kier alpha value is -4.12. The number of nitrogens with zero attached hydrogens (tertiary/aromatic N) is 2. The van der Waals surface area contributed by atoms with Crippen LogP contribution >= 0.6 is 0 Å². The molecule has 0 fully saturated rings. The van der Waals surface area contributed by atoms with Gasteiger partial charge < -0.3 is 10.2 Å². The molecule has 5 rings (SSSR count). The number of hydrogen-bond donors (Lipinski definition) is 2. The van der Waals surface area contributed by atoms with Crippen LogP contribution in [0.3, 0.4) is 0 Å². The van der Waals surface area contributed by atoms with E-state index >= 15 is 0 Å². The lowest BCUT2D eigenvalue weighted by atomic mass is 9.90. The van der Waals surface area contributed by atoms with Crippen molar-refractivity contribution in [1.82, 2.24) is 9.78 Å². The molecule has 5 heteroatoms. The molecule has 3 aromatic carbocycles. The molecule has 0 saturated carbocycles. The number of phenolic OH excluding ortho intramolecular Hbond substituents is 2. The van der Waals surface area contributed by atoms with Gasteiger partial charge in [-0.2, -0.15) is 9.78 Å². The van der Waals surface area contributed by atoms with Gasteiger partial charge in [-0.05, 0) is 30.2 Å². The predicted molar refractivity (Wildman–Crippen MR) is 120 cm³/mol. The fourth-order valence-electron chi connectivity index (χ4n) is 4.17.